The molecule has 1 aromatic heterocycles. The summed E-state index contributed by atoms with van der Waals surface area (Å²) in [4.78, 5) is 31.1. The number of nitrogens with one attached hydrogen (secondary N) is 1. The summed E-state index contributed by atoms with van der Waals surface area (Å²) in [6.45, 7) is -1.83. The van der Waals surface area contributed by atoms with Gasteiger partial charge in [0.2, 0.25) is 5.89 Å². The molecule has 3 rings (SSSR count). The number of carbonyl (C=O) groups excluding carboxylic acids is 2. The van der Waals surface area contributed by atoms with Crippen LogP contribution in [-0.2, 0) is 11.3 Å². The summed E-state index contributed by atoms with van der Waals surface area (Å²) in [5.41, 5.74) is 13.2. The molecule has 0 saturated heterocycles. The second kappa shape index (κ2) is 14.4. The van der Waals surface area contributed by atoms with Gasteiger partial charge >= 0.3 is 12.7 Å². The lowest BCUT2D eigenvalue weighted by molar-refractivity contribution is -0.0515. The molecule has 0 saturated carbocycles. The highest BCUT2D eigenvalue weighted by atomic mass is 19.3. The number of nitrogens with two attached hydrogens (primary N) is 1. The molecule has 2 aromatic carbocycles. The number of halogens is 4. The zero-order valence-electron chi connectivity index (χ0n) is 21.5. The molecule has 0 spiro atoms. The van der Waals surface area contributed by atoms with Crippen LogP contribution in [0, 0.1) is 11.6 Å². The van der Waals surface area contributed by atoms with Gasteiger partial charge < -0.3 is 29.7 Å². The summed E-state index contributed by atoms with van der Waals surface area (Å²) < 4.78 is 73.8. The number of aromatic nitrogens is 1. The van der Waals surface area contributed by atoms with E-state index in [1.165, 1.54) is 25.1 Å². The van der Waals surface area contributed by atoms with E-state index in [2.05, 4.69) is 25.1 Å². The number of carbonyl (C=O) groups is 2. The molecule has 0 aliphatic heterocycles. The van der Waals surface area contributed by atoms with Crippen LogP contribution in [0.15, 0.2) is 45.9 Å². The van der Waals surface area contributed by atoms with Crippen LogP contribution in [0.4, 0.5) is 22.4 Å². The van der Waals surface area contributed by atoms with E-state index in [-0.39, 0.29) is 59.7 Å². The molecule has 2 amide bonds. The smallest absolute Gasteiger partial charge is 0.405 e. The van der Waals surface area contributed by atoms with Crippen LogP contribution in [0.3, 0.4) is 0 Å². The standard InChI is InChI=1S/C25H24F4N6O6/c1-13(39-25(30)37)21-20(22(36)32-12-15-4-6-16(26)11-17(15)27)34-23(41-21)14-5-7-18(40-24(28)29)19(10-14)38-9-3-2-8-33-35-31/h4-7,10-11,13,24H,2-3,8-9,12H2,1H3,(H2,30,37)(H,32,36)/t13-/m0/s1. The largest absolute Gasteiger partial charge is 0.490 e. The molecule has 16 heteroatoms. The van der Waals surface area contributed by atoms with Crippen LogP contribution in [-0.4, -0.2) is 36.7 Å². The van der Waals surface area contributed by atoms with Crippen molar-refractivity contribution in [3.63, 3.8) is 0 Å². The van der Waals surface area contributed by atoms with Gasteiger partial charge in [-0.05, 0) is 49.6 Å². The van der Waals surface area contributed by atoms with Gasteiger partial charge in [0.1, 0.15) is 11.6 Å². The van der Waals surface area contributed by atoms with Crippen molar-refractivity contribution >= 4 is 12.0 Å². The fourth-order valence-corrected chi connectivity index (χ4v) is 3.50. The Hall–Kier alpha value is -4.98. The van der Waals surface area contributed by atoms with Crippen molar-refractivity contribution in [2.45, 2.75) is 39.0 Å². The van der Waals surface area contributed by atoms with Gasteiger partial charge in [-0.1, -0.05) is 11.2 Å². The highest BCUT2D eigenvalue weighted by molar-refractivity contribution is 5.94. The lowest BCUT2D eigenvalue weighted by atomic mass is 10.2. The molecule has 1 heterocycles. The molecule has 12 nitrogen and oxygen atoms in total. The molecule has 0 bridgehead atoms. The van der Waals surface area contributed by atoms with Crippen LogP contribution in [0.5, 0.6) is 11.5 Å². The van der Waals surface area contributed by atoms with Crippen LogP contribution in [0.25, 0.3) is 21.9 Å². The van der Waals surface area contributed by atoms with Crippen molar-refractivity contribution in [2.75, 3.05) is 13.2 Å². The topological polar surface area (TPSA) is 175 Å². The van der Waals surface area contributed by atoms with Crippen LogP contribution in [0.1, 0.15) is 47.7 Å². The summed E-state index contributed by atoms with van der Waals surface area (Å²) in [6, 6.07) is 6.62. The third-order valence-corrected chi connectivity index (χ3v) is 5.37. The van der Waals surface area contributed by atoms with Gasteiger partial charge in [-0.3, -0.25) is 4.79 Å². The van der Waals surface area contributed by atoms with Gasteiger partial charge in [0.25, 0.3) is 5.91 Å². The van der Waals surface area contributed by atoms with Gasteiger partial charge in [-0.15, -0.1) is 0 Å². The molecule has 0 aliphatic rings. The van der Waals surface area contributed by atoms with E-state index < -0.39 is 36.4 Å². The highest BCUT2D eigenvalue weighted by Gasteiger charge is 2.27. The number of rotatable bonds is 14. The average molecular weight is 580 g/mol. The first kappa shape index (κ1) is 30.6. The molecule has 218 valence electrons. The van der Waals surface area contributed by atoms with Crippen molar-refractivity contribution in [1.29, 1.82) is 0 Å². The van der Waals surface area contributed by atoms with E-state index in [1.807, 2.05) is 0 Å². The molecular weight excluding hydrogens is 556 g/mol. The van der Waals surface area contributed by atoms with Crippen LogP contribution in [0.2, 0.25) is 0 Å². The summed E-state index contributed by atoms with van der Waals surface area (Å²) in [5, 5.41) is 5.82. The lowest BCUT2D eigenvalue weighted by Gasteiger charge is -2.13. The molecule has 3 N–H and O–H groups in total. The number of amides is 2. The predicted octanol–water partition coefficient (Wildman–Crippen LogP) is 5.78. The van der Waals surface area contributed by atoms with E-state index in [0.717, 1.165) is 12.1 Å². The maximum atomic E-state index is 14.0. The summed E-state index contributed by atoms with van der Waals surface area (Å²) in [7, 11) is 0. The number of nitrogens with zero attached hydrogens (tertiary/aromatic N) is 4. The van der Waals surface area contributed by atoms with Gasteiger partial charge in [0, 0.05) is 35.2 Å². The first-order valence-electron chi connectivity index (χ1n) is 12.0. The van der Waals surface area contributed by atoms with E-state index in [9.17, 15) is 27.2 Å². The number of oxazole rings is 1. The molecule has 41 heavy (non-hydrogen) atoms. The van der Waals surface area contributed by atoms with Crippen molar-refractivity contribution in [1.82, 2.24) is 10.3 Å². The Morgan fingerprint density at radius 3 is 2.63 bits per heavy atom. The molecule has 0 fully saturated rings. The third-order valence-electron chi connectivity index (χ3n) is 5.37. The monoisotopic (exact) mass is 580 g/mol. The SMILES string of the molecule is C[C@H](OC(N)=O)c1oc(-c2ccc(OC(F)F)c(OCCCCN=[N+]=[N-])c2)nc1C(=O)NCc1ccc(F)cc1F. The van der Waals surface area contributed by atoms with Gasteiger partial charge in [0.05, 0.1) is 6.61 Å². The Morgan fingerprint density at radius 2 is 1.95 bits per heavy atom. The second-order valence-corrected chi connectivity index (χ2v) is 8.28. The van der Waals surface area contributed by atoms with Gasteiger partial charge in [0.15, 0.2) is 29.1 Å². The van der Waals surface area contributed by atoms with Crippen molar-refractivity contribution in [3.8, 4) is 23.0 Å². The number of primary amides is 1. The van der Waals surface area contributed by atoms with Gasteiger partial charge in [-0.2, -0.15) is 8.78 Å². The molecule has 3 aromatic rings. The van der Waals surface area contributed by atoms with E-state index >= 15 is 0 Å². The number of benzene rings is 2. The fourth-order valence-electron chi connectivity index (χ4n) is 3.50. The molecule has 1 atom stereocenters. The maximum Gasteiger partial charge on any atom is 0.405 e. The zero-order valence-corrected chi connectivity index (χ0v) is 21.5. The Morgan fingerprint density at radius 1 is 1.17 bits per heavy atom. The zero-order chi connectivity index (χ0) is 29.9. The summed E-state index contributed by atoms with van der Waals surface area (Å²) >= 11 is 0. The minimum atomic E-state index is -3.14. The number of ether oxygens (including phenoxy) is 3. The molecular formula is C25H24F4N6O6. The first-order chi connectivity index (χ1) is 19.6. The number of hydrogen-bond donors (Lipinski definition) is 2. The quantitative estimate of drug-likeness (QED) is 0.0799. The minimum Gasteiger partial charge on any atom is -0.490 e. The van der Waals surface area contributed by atoms with Crippen molar-refractivity contribution in [3.05, 3.63) is 75.5 Å². The minimum absolute atomic E-state index is 0.0118. The van der Waals surface area contributed by atoms with E-state index in [4.69, 9.17) is 25.2 Å². The first-order valence-corrected chi connectivity index (χ1v) is 12.0. The number of unbranched alkanes of at least 4 members (excludes halogenated alkanes) is 1. The Labute approximate surface area is 230 Å². The Balaban J connectivity index is 1.90. The number of alkyl halides is 2. The van der Waals surface area contributed by atoms with Crippen molar-refractivity contribution < 1.29 is 45.8 Å². The Kier molecular flexibility index (Phi) is 10.7. The highest BCUT2D eigenvalue weighted by Crippen LogP contribution is 2.35. The third kappa shape index (κ3) is 8.76. The molecule has 0 radical (unpaired) electrons. The Bertz CT molecular complexity index is 1430. The van der Waals surface area contributed by atoms with E-state index in [0.29, 0.717) is 18.9 Å². The van der Waals surface area contributed by atoms with Crippen LogP contribution < -0.4 is 20.5 Å². The van der Waals surface area contributed by atoms with Crippen molar-refractivity contribution in [2.24, 2.45) is 10.8 Å². The molecule has 0 aliphatic carbocycles. The molecule has 0 unspecified atom stereocenters. The second-order valence-electron chi connectivity index (χ2n) is 8.28. The normalized spacial score (nSPS) is 11.5. The van der Waals surface area contributed by atoms with Gasteiger partial charge in [-0.25, -0.2) is 18.6 Å². The maximum absolute atomic E-state index is 14.0. The van der Waals surface area contributed by atoms with E-state index in [1.54, 1.807) is 0 Å². The number of hydrogen-bond acceptors (Lipinski definition) is 8. The summed E-state index contributed by atoms with van der Waals surface area (Å²) in [5.74, 6) is -3.30. The summed E-state index contributed by atoms with van der Waals surface area (Å²) in [6.07, 6.45) is -1.44. The number of azide groups is 1. The van der Waals surface area contributed by atoms with Crippen LogP contribution >= 0.6 is 0 Å². The fraction of sp³-hybridized carbons (Fsp3) is 0.320. The average Bonchev–Trinajstić information content (AvgIpc) is 3.36. The lowest BCUT2D eigenvalue weighted by Crippen LogP contribution is -2.26. The predicted molar refractivity (Wildman–Crippen MR) is 134 cm³/mol.